The van der Waals surface area contributed by atoms with E-state index in [9.17, 15) is 19.7 Å². The third-order valence-electron chi connectivity index (χ3n) is 5.62. The molecular formula is C24H22N4O4. The Morgan fingerprint density at radius 1 is 1.16 bits per heavy atom. The van der Waals surface area contributed by atoms with Crippen LogP contribution in [0.2, 0.25) is 0 Å². The molecule has 3 aromatic rings. The number of aryl methyl sites for hydroxylation is 1. The minimum Gasteiger partial charge on any atom is -0.353 e. The van der Waals surface area contributed by atoms with Gasteiger partial charge in [-0.1, -0.05) is 30.3 Å². The Hall–Kier alpha value is -4.20. The molecule has 8 heteroatoms. The van der Waals surface area contributed by atoms with Gasteiger partial charge in [-0.2, -0.15) is 0 Å². The maximum atomic E-state index is 12.8. The van der Waals surface area contributed by atoms with Crippen LogP contribution in [0.1, 0.15) is 51.4 Å². The molecule has 32 heavy (non-hydrogen) atoms. The van der Waals surface area contributed by atoms with E-state index in [1.807, 2.05) is 37.3 Å². The molecule has 0 fully saturated rings. The first-order valence-electron chi connectivity index (χ1n) is 10.1. The van der Waals surface area contributed by atoms with E-state index >= 15 is 0 Å². The average molecular weight is 430 g/mol. The lowest BCUT2D eigenvalue weighted by Crippen LogP contribution is -2.26. The minimum atomic E-state index is -0.442. The van der Waals surface area contributed by atoms with E-state index in [-0.39, 0.29) is 23.5 Å². The molecule has 0 saturated heterocycles. The minimum absolute atomic E-state index is 0.00138. The standard InChI is InChI=1S/C24H22N4O4/c1-13-21(25-15(3)22(13)28(31)32)12-19-18-11-17(9-10-20(18)27-24(19)30)23(29)26-14(2)16-7-5-4-6-8-16/h4-12,14,25H,1-3H3,(H,26,29)(H,27,30)/b19-12-. The summed E-state index contributed by atoms with van der Waals surface area (Å²) < 4.78 is 0. The highest BCUT2D eigenvalue weighted by Gasteiger charge is 2.27. The maximum absolute atomic E-state index is 12.8. The Morgan fingerprint density at radius 3 is 2.53 bits per heavy atom. The number of amides is 2. The maximum Gasteiger partial charge on any atom is 0.293 e. The van der Waals surface area contributed by atoms with Crippen LogP contribution in [0.3, 0.4) is 0 Å². The highest BCUT2D eigenvalue weighted by Crippen LogP contribution is 2.36. The molecule has 3 N–H and O–H groups in total. The van der Waals surface area contributed by atoms with E-state index in [2.05, 4.69) is 15.6 Å². The van der Waals surface area contributed by atoms with E-state index in [0.717, 1.165) is 5.56 Å². The summed E-state index contributed by atoms with van der Waals surface area (Å²) in [5, 5.41) is 17.1. The highest BCUT2D eigenvalue weighted by atomic mass is 16.6. The van der Waals surface area contributed by atoms with Crippen LogP contribution in [-0.4, -0.2) is 21.7 Å². The number of aromatic amines is 1. The van der Waals surface area contributed by atoms with Gasteiger partial charge in [0.25, 0.3) is 17.5 Å². The number of rotatable bonds is 5. The number of nitro groups is 1. The molecule has 162 valence electrons. The van der Waals surface area contributed by atoms with Crippen molar-refractivity contribution >= 4 is 34.8 Å². The Balaban J connectivity index is 1.66. The predicted octanol–water partition coefficient (Wildman–Crippen LogP) is 4.52. The van der Waals surface area contributed by atoms with Gasteiger partial charge < -0.3 is 15.6 Å². The zero-order valence-corrected chi connectivity index (χ0v) is 17.9. The Bertz CT molecular complexity index is 1270. The average Bonchev–Trinajstić information content (AvgIpc) is 3.23. The molecule has 2 heterocycles. The van der Waals surface area contributed by atoms with Crippen LogP contribution < -0.4 is 10.6 Å². The Morgan fingerprint density at radius 2 is 1.88 bits per heavy atom. The van der Waals surface area contributed by atoms with Crippen LogP contribution in [0.5, 0.6) is 0 Å². The summed E-state index contributed by atoms with van der Waals surface area (Å²) in [5.74, 6) is -0.588. The summed E-state index contributed by atoms with van der Waals surface area (Å²) in [7, 11) is 0. The molecule has 0 aliphatic carbocycles. The summed E-state index contributed by atoms with van der Waals surface area (Å²) in [6.45, 7) is 5.16. The van der Waals surface area contributed by atoms with Crippen molar-refractivity contribution in [3.8, 4) is 0 Å². The Labute approximate surface area is 184 Å². The zero-order valence-electron chi connectivity index (χ0n) is 17.9. The Kier molecular flexibility index (Phi) is 5.36. The SMILES string of the molecule is Cc1[nH]c(/C=C2\C(=O)Nc3ccc(C(=O)NC(C)c4ccccc4)cc32)c(C)c1[N+](=O)[O-]. The second kappa shape index (κ2) is 8.14. The first-order chi connectivity index (χ1) is 15.3. The quantitative estimate of drug-likeness (QED) is 0.313. The summed E-state index contributed by atoms with van der Waals surface area (Å²) in [6.07, 6.45) is 1.59. The van der Waals surface area contributed by atoms with Crippen LogP contribution in [0.15, 0.2) is 48.5 Å². The number of fused-ring (bicyclic) bond motifs is 1. The number of carbonyl (C=O) groups excluding carboxylic acids is 2. The molecule has 1 aromatic heterocycles. The number of aromatic nitrogens is 1. The van der Waals surface area contributed by atoms with Gasteiger partial charge in [0.05, 0.1) is 27.8 Å². The molecule has 2 amide bonds. The number of carbonyl (C=O) groups is 2. The first kappa shape index (κ1) is 21.0. The van der Waals surface area contributed by atoms with Crippen molar-refractivity contribution in [1.29, 1.82) is 0 Å². The predicted molar refractivity (Wildman–Crippen MR) is 122 cm³/mol. The molecule has 0 radical (unpaired) electrons. The molecule has 2 aromatic carbocycles. The van der Waals surface area contributed by atoms with E-state index < -0.39 is 4.92 Å². The van der Waals surface area contributed by atoms with Gasteiger partial charge in [0.2, 0.25) is 0 Å². The fourth-order valence-electron chi connectivity index (χ4n) is 3.90. The first-order valence-corrected chi connectivity index (χ1v) is 10.1. The normalized spacial score (nSPS) is 14.7. The highest BCUT2D eigenvalue weighted by molar-refractivity contribution is 6.35. The van der Waals surface area contributed by atoms with Crippen molar-refractivity contribution in [2.75, 3.05) is 5.32 Å². The van der Waals surface area contributed by atoms with Gasteiger partial charge in [-0.15, -0.1) is 0 Å². The third-order valence-corrected chi connectivity index (χ3v) is 5.62. The second-order valence-electron chi connectivity index (χ2n) is 7.77. The second-order valence-corrected chi connectivity index (χ2v) is 7.77. The number of benzene rings is 2. The molecule has 0 bridgehead atoms. The molecule has 4 rings (SSSR count). The van der Waals surface area contributed by atoms with Crippen molar-refractivity contribution in [2.24, 2.45) is 0 Å². The van der Waals surface area contributed by atoms with Crippen LogP contribution >= 0.6 is 0 Å². The smallest absolute Gasteiger partial charge is 0.293 e. The van der Waals surface area contributed by atoms with Crippen molar-refractivity contribution in [3.05, 3.63) is 92.3 Å². The van der Waals surface area contributed by atoms with E-state index in [4.69, 9.17) is 0 Å². The van der Waals surface area contributed by atoms with Crippen LogP contribution in [0.4, 0.5) is 11.4 Å². The fourth-order valence-corrected chi connectivity index (χ4v) is 3.90. The van der Waals surface area contributed by atoms with Gasteiger partial charge in [0.15, 0.2) is 0 Å². The summed E-state index contributed by atoms with van der Waals surface area (Å²) in [6, 6.07) is 14.4. The lowest BCUT2D eigenvalue weighted by molar-refractivity contribution is -0.385. The van der Waals surface area contributed by atoms with Gasteiger partial charge in [0.1, 0.15) is 0 Å². The number of nitrogens with zero attached hydrogens (tertiary/aromatic N) is 1. The number of H-pyrrole nitrogens is 1. The molecule has 1 unspecified atom stereocenters. The van der Waals surface area contributed by atoms with Crippen molar-refractivity contribution in [3.63, 3.8) is 0 Å². The van der Waals surface area contributed by atoms with E-state index in [1.165, 1.54) is 0 Å². The van der Waals surface area contributed by atoms with Gasteiger partial charge >= 0.3 is 0 Å². The van der Waals surface area contributed by atoms with Gasteiger partial charge in [-0.05, 0) is 50.6 Å². The molecule has 1 aliphatic rings. The van der Waals surface area contributed by atoms with Crippen LogP contribution in [0.25, 0.3) is 11.6 Å². The summed E-state index contributed by atoms with van der Waals surface area (Å²) in [4.78, 5) is 39.3. The van der Waals surface area contributed by atoms with Crippen LogP contribution in [0, 0.1) is 24.0 Å². The van der Waals surface area contributed by atoms with Crippen molar-refractivity contribution in [2.45, 2.75) is 26.8 Å². The molecule has 8 nitrogen and oxygen atoms in total. The molecule has 0 saturated carbocycles. The fraction of sp³-hybridized carbons (Fsp3) is 0.167. The number of hydrogen-bond acceptors (Lipinski definition) is 4. The van der Waals surface area contributed by atoms with Gasteiger partial charge in [-0.3, -0.25) is 19.7 Å². The number of anilines is 1. The molecular weight excluding hydrogens is 408 g/mol. The third kappa shape index (κ3) is 3.78. The summed E-state index contributed by atoms with van der Waals surface area (Å²) in [5.41, 5.74) is 4.25. The lowest BCUT2D eigenvalue weighted by atomic mass is 10.0. The van der Waals surface area contributed by atoms with Crippen molar-refractivity contribution in [1.82, 2.24) is 10.3 Å². The monoisotopic (exact) mass is 430 g/mol. The number of nitrogens with one attached hydrogen (secondary N) is 3. The van der Waals surface area contributed by atoms with Crippen molar-refractivity contribution < 1.29 is 14.5 Å². The summed E-state index contributed by atoms with van der Waals surface area (Å²) >= 11 is 0. The molecule has 1 aliphatic heterocycles. The van der Waals surface area contributed by atoms with E-state index in [0.29, 0.717) is 39.3 Å². The molecule has 1 atom stereocenters. The van der Waals surface area contributed by atoms with Crippen LogP contribution in [-0.2, 0) is 4.79 Å². The number of hydrogen-bond donors (Lipinski definition) is 3. The zero-order chi connectivity index (χ0) is 23.0. The lowest BCUT2D eigenvalue weighted by Gasteiger charge is -2.14. The molecule has 0 spiro atoms. The van der Waals surface area contributed by atoms with Gasteiger partial charge in [-0.25, -0.2) is 0 Å². The largest absolute Gasteiger partial charge is 0.353 e. The topological polar surface area (TPSA) is 117 Å². The van der Waals surface area contributed by atoms with E-state index in [1.54, 1.807) is 38.1 Å². The van der Waals surface area contributed by atoms with Gasteiger partial charge in [0, 0.05) is 22.5 Å².